The summed E-state index contributed by atoms with van der Waals surface area (Å²) >= 11 is 0. The van der Waals surface area contributed by atoms with E-state index in [2.05, 4.69) is 13.8 Å². The second-order valence-corrected chi connectivity index (χ2v) is 5.45. The first-order chi connectivity index (χ1) is 7.33. The van der Waals surface area contributed by atoms with Crippen molar-refractivity contribution in [1.82, 2.24) is 0 Å². The van der Waals surface area contributed by atoms with E-state index in [9.17, 15) is 0 Å². The van der Waals surface area contributed by atoms with E-state index in [0.717, 1.165) is 5.92 Å². The zero-order chi connectivity index (χ0) is 10.9. The third-order valence-corrected chi connectivity index (χ3v) is 3.87. The maximum Gasteiger partial charge on any atom is 0.0773 e. The van der Waals surface area contributed by atoms with E-state index in [1.165, 1.54) is 71.0 Å². The van der Waals surface area contributed by atoms with E-state index in [1.807, 2.05) is 4.90 Å². The minimum atomic E-state index is 0. The summed E-state index contributed by atoms with van der Waals surface area (Å²) in [5.41, 5.74) is 0. The maximum absolute atomic E-state index is 2.40. The quantitative estimate of drug-likeness (QED) is 0.588. The lowest BCUT2D eigenvalue weighted by Crippen LogP contribution is -3.13. The van der Waals surface area contributed by atoms with Crippen LogP contribution >= 0.6 is 0 Å². The van der Waals surface area contributed by atoms with Gasteiger partial charge in [-0.3, -0.25) is 0 Å². The SMILES string of the molecule is CCCCCCCC[NH+]1CCC(C)CC1.[Cl-]. The summed E-state index contributed by atoms with van der Waals surface area (Å²) in [7, 11) is 0. The Morgan fingerprint density at radius 3 is 2.12 bits per heavy atom. The van der Waals surface area contributed by atoms with E-state index < -0.39 is 0 Å². The molecule has 2 heteroatoms. The van der Waals surface area contributed by atoms with Gasteiger partial charge in [0.05, 0.1) is 19.6 Å². The molecule has 1 N–H and O–H groups in total. The molecule has 0 aromatic rings. The molecule has 0 aliphatic carbocycles. The van der Waals surface area contributed by atoms with Crippen LogP contribution < -0.4 is 17.3 Å². The van der Waals surface area contributed by atoms with Gasteiger partial charge in [0.2, 0.25) is 0 Å². The number of unbranched alkanes of at least 4 members (excludes halogenated alkanes) is 5. The highest BCUT2D eigenvalue weighted by Gasteiger charge is 2.17. The third kappa shape index (κ3) is 7.51. The first kappa shape index (κ1) is 16.2. The molecule has 0 atom stereocenters. The van der Waals surface area contributed by atoms with Gasteiger partial charge in [0.15, 0.2) is 0 Å². The number of piperidine rings is 1. The van der Waals surface area contributed by atoms with Crippen molar-refractivity contribution in [3.05, 3.63) is 0 Å². The molecule has 0 radical (unpaired) electrons. The Morgan fingerprint density at radius 1 is 0.938 bits per heavy atom. The smallest absolute Gasteiger partial charge is 0.0773 e. The predicted octanol–water partition coefficient (Wildman–Crippen LogP) is -0.334. The number of hydrogen-bond donors (Lipinski definition) is 1. The Hall–Kier alpha value is 0.250. The number of likely N-dealkylation sites (tertiary alicyclic amines) is 1. The lowest BCUT2D eigenvalue weighted by molar-refractivity contribution is -0.906. The van der Waals surface area contributed by atoms with Crippen LogP contribution in [0.15, 0.2) is 0 Å². The van der Waals surface area contributed by atoms with Crippen LogP contribution in [0, 0.1) is 5.92 Å². The highest BCUT2D eigenvalue weighted by molar-refractivity contribution is 4.55. The van der Waals surface area contributed by atoms with Crippen LogP contribution in [0.1, 0.15) is 65.2 Å². The van der Waals surface area contributed by atoms with E-state index >= 15 is 0 Å². The monoisotopic (exact) mass is 247 g/mol. The topological polar surface area (TPSA) is 4.44 Å². The van der Waals surface area contributed by atoms with Crippen molar-refractivity contribution in [1.29, 1.82) is 0 Å². The molecule has 1 aliphatic heterocycles. The fourth-order valence-corrected chi connectivity index (χ4v) is 2.58. The highest BCUT2D eigenvalue weighted by Crippen LogP contribution is 2.07. The second-order valence-electron chi connectivity index (χ2n) is 5.45. The fourth-order valence-electron chi connectivity index (χ4n) is 2.58. The summed E-state index contributed by atoms with van der Waals surface area (Å²) in [6.45, 7) is 9.02. The molecule has 16 heavy (non-hydrogen) atoms. The van der Waals surface area contributed by atoms with Gasteiger partial charge < -0.3 is 17.3 Å². The van der Waals surface area contributed by atoms with Crippen LogP contribution in [-0.2, 0) is 0 Å². The molecular formula is C14H30ClN. The Kier molecular flexibility index (Phi) is 10.6. The molecule has 0 amide bonds. The first-order valence-electron chi connectivity index (χ1n) is 7.16. The largest absolute Gasteiger partial charge is 1.00 e. The Balaban J connectivity index is 0.00000225. The molecule has 1 fully saturated rings. The van der Waals surface area contributed by atoms with Crippen molar-refractivity contribution in [3.8, 4) is 0 Å². The average molecular weight is 248 g/mol. The van der Waals surface area contributed by atoms with Crippen LogP contribution in [0.2, 0.25) is 0 Å². The predicted molar refractivity (Wildman–Crippen MR) is 67.3 cm³/mol. The molecule has 1 rings (SSSR count). The molecule has 1 aliphatic rings. The number of halogens is 1. The molecule has 98 valence electrons. The van der Waals surface area contributed by atoms with Crippen LogP contribution in [-0.4, -0.2) is 19.6 Å². The zero-order valence-electron chi connectivity index (χ0n) is 11.2. The molecule has 1 heterocycles. The lowest BCUT2D eigenvalue weighted by Gasteiger charge is -2.27. The van der Waals surface area contributed by atoms with Gasteiger partial charge in [0.1, 0.15) is 0 Å². The molecular weight excluding hydrogens is 218 g/mol. The molecule has 0 aromatic carbocycles. The fraction of sp³-hybridized carbons (Fsp3) is 1.00. The van der Waals surface area contributed by atoms with Crippen LogP contribution in [0.5, 0.6) is 0 Å². The summed E-state index contributed by atoms with van der Waals surface area (Å²) in [6.07, 6.45) is 11.6. The van der Waals surface area contributed by atoms with Crippen molar-refractivity contribution < 1.29 is 17.3 Å². The standard InChI is InChI=1S/C14H29N.ClH/c1-3-4-5-6-7-8-11-15-12-9-14(2)10-13-15;/h14H,3-13H2,1-2H3;1H. The molecule has 1 nitrogen and oxygen atoms in total. The van der Waals surface area contributed by atoms with Crippen LogP contribution in [0.25, 0.3) is 0 Å². The van der Waals surface area contributed by atoms with Crippen molar-refractivity contribution in [2.75, 3.05) is 19.6 Å². The number of nitrogens with one attached hydrogen (secondary N) is 1. The van der Waals surface area contributed by atoms with Crippen LogP contribution in [0.4, 0.5) is 0 Å². The molecule has 0 aromatic heterocycles. The van der Waals surface area contributed by atoms with E-state index in [1.54, 1.807) is 0 Å². The van der Waals surface area contributed by atoms with Gasteiger partial charge in [0, 0.05) is 0 Å². The van der Waals surface area contributed by atoms with Gasteiger partial charge in [-0.05, 0) is 31.6 Å². The second kappa shape index (κ2) is 10.4. The summed E-state index contributed by atoms with van der Waals surface area (Å²) in [5, 5.41) is 0. The molecule has 0 unspecified atom stereocenters. The van der Waals surface area contributed by atoms with Gasteiger partial charge in [0.25, 0.3) is 0 Å². The molecule has 0 saturated carbocycles. The Labute approximate surface area is 108 Å². The summed E-state index contributed by atoms with van der Waals surface area (Å²) in [5.74, 6) is 0.998. The maximum atomic E-state index is 2.40. The van der Waals surface area contributed by atoms with Crippen LogP contribution in [0.3, 0.4) is 0 Å². The van der Waals surface area contributed by atoms with Gasteiger partial charge in [-0.2, -0.15) is 0 Å². The molecule has 0 bridgehead atoms. The van der Waals surface area contributed by atoms with Crippen molar-refractivity contribution >= 4 is 0 Å². The van der Waals surface area contributed by atoms with Gasteiger partial charge in [-0.25, -0.2) is 0 Å². The summed E-state index contributed by atoms with van der Waals surface area (Å²) in [6, 6.07) is 0. The number of quaternary nitrogens is 1. The van der Waals surface area contributed by atoms with E-state index in [4.69, 9.17) is 0 Å². The molecule has 1 saturated heterocycles. The van der Waals surface area contributed by atoms with Crippen molar-refractivity contribution in [2.24, 2.45) is 5.92 Å². The highest BCUT2D eigenvalue weighted by atomic mass is 35.5. The summed E-state index contributed by atoms with van der Waals surface area (Å²) in [4.78, 5) is 1.88. The van der Waals surface area contributed by atoms with E-state index in [0.29, 0.717) is 0 Å². The minimum absolute atomic E-state index is 0. The van der Waals surface area contributed by atoms with Gasteiger partial charge >= 0.3 is 0 Å². The van der Waals surface area contributed by atoms with Gasteiger partial charge in [-0.1, -0.05) is 39.5 Å². The van der Waals surface area contributed by atoms with Gasteiger partial charge in [-0.15, -0.1) is 0 Å². The zero-order valence-corrected chi connectivity index (χ0v) is 12.0. The Morgan fingerprint density at radius 2 is 1.50 bits per heavy atom. The number of rotatable bonds is 7. The Bertz CT molecular complexity index is 142. The normalized spacial score (nSPS) is 25.1. The summed E-state index contributed by atoms with van der Waals surface area (Å²) < 4.78 is 0. The average Bonchev–Trinajstić information content (AvgIpc) is 2.26. The van der Waals surface area contributed by atoms with E-state index in [-0.39, 0.29) is 12.4 Å². The minimum Gasteiger partial charge on any atom is -1.00 e. The first-order valence-corrected chi connectivity index (χ1v) is 7.16. The van der Waals surface area contributed by atoms with Crippen molar-refractivity contribution in [3.63, 3.8) is 0 Å². The third-order valence-electron chi connectivity index (χ3n) is 3.87. The number of hydrogen-bond acceptors (Lipinski definition) is 0. The molecule has 0 spiro atoms. The van der Waals surface area contributed by atoms with Crippen molar-refractivity contribution in [2.45, 2.75) is 65.2 Å². The lowest BCUT2D eigenvalue weighted by atomic mass is 9.99.